The van der Waals surface area contributed by atoms with Crippen LogP contribution in [0.1, 0.15) is 52.1 Å². The number of aromatic nitrogens is 1. The van der Waals surface area contributed by atoms with E-state index in [1.54, 1.807) is 13.0 Å². The van der Waals surface area contributed by atoms with Gasteiger partial charge in [-0.05, 0) is 71.4 Å². The number of ether oxygens (including phenoxy) is 2. The topological polar surface area (TPSA) is 94.6 Å². The fourth-order valence-electron chi connectivity index (χ4n) is 3.04. The predicted octanol–water partition coefficient (Wildman–Crippen LogP) is 3.26. The van der Waals surface area contributed by atoms with Gasteiger partial charge in [-0.1, -0.05) is 0 Å². The molecule has 1 aromatic rings. The van der Waals surface area contributed by atoms with Crippen molar-refractivity contribution in [3.05, 3.63) is 17.8 Å². The van der Waals surface area contributed by atoms with E-state index < -0.39 is 15.4 Å². The maximum absolute atomic E-state index is 11.8. The molecule has 0 unspecified atom stereocenters. The number of sulfone groups is 1. The van der Waals surface area contributed by atoms with Crippen LogP contribution >= 0.6 is 0 Å². The lowest BCUT2D eigenvalue weighted by Gasteiger charge is -2.30. The Morgan fingerprint density at radius 2 is 1.85 bits per heavy atom. The van der Waals surface area contributed by atoms with Gasteiger partial charge in [0.15, 0.2) is 14.9 Å². The number of nitrogens with zero attached hydrogens (tertiary/aromatic N) is 1. The molecule has 1 aliphatic rings. The summed E-state index contributed by atoms with van der Waals surface area (Å²) in [6, 6.07) is 3.27. The Balaban J connectivity index is 1.79. The maximum atomic E-state index is 11.8. The highest BCUT2D eigenvalue weighted by Gasteiger charge is 2.25. The van der Waals surface area contributed by atoms with Crippen LogP contribution in [0.5, 0.6) is 5.75 Å². The summed E-state index contributed by atoms with van der Waals surface area (Å²) in [4.78, 5) is 16.0. The summed E-state index contributed by atoms with van der Waals surface area (Å²) in [6.45, 7) is 7.84. The summed E-state index contributed by atoms with van der Waals surface area (Å²) in [5.74, 6) is 1.01. The highest BCUT2D eigenvalue weighted by atomic mass is 32.2. The number of hydrogen-bond donors (Lipinski definition) is 1. The van der Waals surface area contributed by atoms with Gasteiger partial charge < -0.3 is 14.8 Å². The molecule has 1 aliphatic carbocycles. The van der Waals surface area contributed by atoms with Crippen molar-refractivity contribution in [2.24, 2.45) is 5.92 Å². The number of alkyl carbamates (subject to hydrolysis) is 1. The van der Waals surface area contributed by atoms with Gasteiger partial charge in [-0.2, -0.15) is 0 Å². The molecule has 1 fully saturated rings. The van der Waals surface area contributed by atoms with E-state index in [1.807, 2.05) is 20.8 Å². The minimum absolute atomic E-state index is 0.0566. The first-order valence-corrected chi connectivity index (χ1v) is 11.1. The second kappa shape index (κ2) is 8.46. The molecule has 27 heavy (non-hydrogen) atoms. The quantitative estimate of drug-likeness (QED) is 0.818. The summed E-state index contributed by atoms with van der Waals surface area (Å²) in [5, 5.41) is 2.99. The number of aryl methyl sites for hydroxylation is 1. The van der Waals surface area contributed by atoms with Crippen molar-refractivity contribution in [2.75, 3.05) is 12.9 Å². The molecule has 152 valence electrons. The van der Waals surface area contributed by atoms with E-state index in [4.69, 9.17) is 9.47 Å². The van der Waals surface area contributed by atoms with Crippen LogP contribution in [0.4, 0.5) is 4.79 Å². The van der Waals surface area contributed by atoms with Crippen molar-refractivity contribution >= 4 is 15.9 Å². The van der Waals surface area contributed by atoms with E-state index in [0.29, 0.717) is 24.0 Å². The van der Waals surface area contributed by atoms with Crippen LogP contribution in [0, 0.1) is 12.8 Å². The first kappa shape index (κ1) is 21.5. The van der Waals surface area contributed by atoms with E-state index in [1.165, 1.54) is 6.07 Å². The summed E-state index contributed by atoms with van der Waals surface area (Å²) < 4.78 is 34.2. The minimum Gasteiger partial charge on any atom is -0.491 e. The predicted molar refractivity (Wildman–Crippen MR) is 103 cm³/mol. The molecule has 2 rings (SSSR count). The fourth-order valence-corrected chi connectivity index (χ4v) is 3.66. The zero-order valence-corrected chi connectivity index (χ0v) is 17.6. The highest BCUT2D eigenvalue weighted by Crippen LogP contribution is 2.26. The number of hydrogen-bond acceptors (Lipinski definition) is 6. The van der Waals surface area contributed by atoms with Gasteiger partial charge >= 0.3 is 6.09 Å². The first-order valence-electron chi connectivity index (χ1n) is 9.24. The van der Waals surface area contributed by atoms with E-state index >= 15 is 0 Å². The molecule has 0 aliphatic heterocycles. The standard InChI is InChI=1S/C19H30N2O5S/c1-13-16(10-11-17(20-13)27(5,23)24)25-12-14-6-8-15(9-7-14)21-18(22)26-19(2,3)4/h10-11,14-15H,6-9,12H2,1-5H3,(H,21,22). The van der Waals surface area contributed by atoms with Gasteiger partial charge in [0.2, 0.25) is 0 Å². The molecule has 8 heteroatoms. The molecule has 7 nitrogen and oxygen atoms in total. The first-order chi connectivity index (χ1) is 12.4. The average molecular weight is 399 g/mol. The third-order valence-electron chi connectivity index (χ3n) is 4.43. The third kappa shape index (κ3) is 7.01. The van der Waals surface area contributed by atoms with Crippen LogP contribution in [-0.2, 0) is 14.6 Å². The Labute approximate surface area is 161 Å². The van der Waals surface area contributed by atoms with E-state index in [9.17, 15) is 13.2 Å². The monoisotopic (exact) mass is 398 g/mol. The van der Waals surface area contributed by atoms with Crippen LogP contribution in [-0.4, -0.2) is 44.0 Å². The van der Waals surface area contributed by atoms with Crippen LogP contribution in [0.15, 0.2) is 17.2 Å². The van der Waals surface area contributed by atoms with Gasteiger partial charge in [0.25, 0.3) is 0 Å². The maximum Gasteiger partial charge on any atom is 0.407 e. The Bertz CT molecular complexity index is 763. The van der Waals surface area contributed by atoms with Crippen LogP contribution in [0.2, 0.25) is 0 Å². The highest BCUT2D eigenvalue weighted by molar-refractivity contribution is 7.90. The summed E-state index contributed by atoms with van der Waals surface area (Å²) in [5.41, 5.74) is 0.0754. The summed E-state index contributed by atoms with van der Waals surface area (Å²) in [6.07, 6.45) is 4.45. The van der Waals surface area contributed by atoms with Crippen LogP contribution in [0.25, 0.3) is 0 Å². The van der Waals surface area contributed by atoms with Crippen LogP contribution < -0.4 is 10.1 Å². The van der Waals surface area contributed by atoms with Gasteiger partial charge in [-0.15, -0.1) is 0 Å². The SMILES string of the molecule is Cc1nc(S(C)(=O)=O)ccc1OCC1CCC(NC(=O)OC(C)(C)C)CC1. The normalized spacial score (nSPS) is 20.8. The van der Waals surface area contributed by atoms with Gasteiger partial charge in [0, 0.05) is 12.3 Å². The number of amides is 1. The molecule has 0 atom stereocenters. The Hall–Kier alpha value is -1.83. The number of nitrogens with one attached hydrogen (secondary N) is 1. The molecule has 1 heterocycles. The molecular formula is C19H30N2O5S. The molecule has 1 amide bonds. The fraction of sp³-hybridized carbons (Fsp3) is 0.684. The molecule has 1 N–H and O–H groups in total. The van der Waals surface area contributed by atoms with Crippen molar-refractivity contribution < 1.29 is 22.7 Å². The van der Waals surface area contributed by atoms with Crippen molar-refractivity contribution in [3.8, 4) is 5.75 Å². The second-order valence-corrected chi connectivity index (χ2v) is 10.1. The van der Waals surface area contributed by atoms with Gasteiger partial charge in [-0.25, -0.2) is 18.2 Å². The summed E-state index contributed by atoms with van der Waals surface area (Å²) >= 11 is 0. The van der Waals surface area contributed by atoms with Gasteiger partial charge in [0.05, 0.1) is 12.3 Å². The number of carbonyl (C=O) groups excluding carboxylic acids is 1. The van der Waals surface area contributed by atoms with Crippen molar-refractivity contribution in [1.29, 1.82) is 0 Å². The number of pyridine rings is 1. The molecule has 0 aromatic carbocycles. The lowest BCUT2D eigenvalue weighted by molar-refractivity contribution is 0.0483. The molecule has 1 saturated carbocycles. The van der Waals surface area contributed by atoms with E-state index in [2.05, 4.69) is 10.3 Å². The molecular weight excluding hydrogens is 368 g/mol. The largest absolute Gasteiger partial charge is 0.491 e. The summed E-state index contributed by atoms with van der Waals surface area (Å²) in [7, 11) is -3.32. The van der Waals surface area contributed by atoms with Gasteiger partial charge in [0.1, 0.15) is 11.4 Å². The average Bonchev–Trinajstić information content (AvgIpc) is 2.52. The lowest BCUT2D eigenvalue weighted by Crippen LogP contribution is -2.41. The second-order valence-electron chi connectivity index (χ2n) is 8.18. The van der Waals surface area contributed by atoms with E-state index in [0.717, 1.165) is 31.9 Å². The zero-order valence-electron chi connectivity index (χ0n) is 16.7. The molecule has 0 saturated heterocycles. The number of rotatable bonds is 5. The zero-order chi connectivity index (χ0) is 20.2. The Morgan fingerprint density at radius 1 is 1.22 bits per heavy atom. The molecule has 0 spiro atoms. The molecule has 0 bridgehead atoms. The van der Waals surface area contributed by atoms with Crippen molar-refractivity contribution in [2.45, 2.75) is 70.0 Å². The van der Waals surface area contributed by atoms with Crippen molar-refractivity contribution in [3.63, 3.8) is 0 Å². The smallest absolute Gasteiger partial charge is 0.407 e. The molecule has 1 aromatic heterocycles. The van der Waals surface area contributed by atoms with E-state index in [-0.39, 0.29) is 17.2 Å². The number of carbonyl (C=O) groups is 1. The van der Waals surface area contributed by atoms with Crippen molar-refractivity contribution in [1.82, 2.24) is 10.3 Å². The lowest BCUT2D eigenvalue weighted by atomic mass is 9.86. The Morgan fingerprint density at radius 3 is 2.37 bits per heavy atom. The molecule has 0 radical (unpaired) electrons. The van der Waals surface area contributed by atoms with Gasteiger partial charge in [-0.3, -0.25) is 0 Å². The van der Waals surface area contributed by atoms with Crippen LogP contribution in [0.3, 0.4) is 0 Å². The Kier molecular flexibility index (Phi) is 6.72. The third-order valence-corrected chi connectivity index (χ3v) is 5.42. The minimum atomic E-state index is -3.32.